The van der Waals surface area contributed by atoms with E-state index in [9.17, 15) is 20.4 Å². The van der Waals surface area contributed by atoms with E-state index < -0.39 is 79.5 Å². The largest absolute Gasteiger partial charge is 0.390 e. The normalized spacial score (nSPS) is 49.2. The molecule has 2 aliphatic heterocycles. The minimum Gasteiger partial charge on any atom is -0.390 e. The van der Waals surface area contributed by atoms with E-state index in [1.807, 2.05) is 6.92 Å². The number of hydrogen-bond donors (Lipinski definition) is 8. The summed E-state index contributed by atoms with van der Waals surface area (Å²) in [5.41, 5.74) is 24.2. The van der Waals surface area contributed by atoms with Crippen LogP contribution in [0.1, 0.15) is 33.1 Å². The minimum atomic E-state index is -1.31. The molecular formula is C22H44N4O8S. The van der Waals surface area contributed by atoms with Gasteiger partial charge in [0.05, 0.1) is 42.6 Å². The number of aliphatic hydroxyl groups is 4. The van der Waals surface area contributed by atoms with Crippen LogP contribution < -0.4 is 22.9 Å². The first-order valence-electron chi connectivity index (χ1n) is 12.5. The molecule has 1 saturated carbocycles. The van der Waals surface area contributed by atoms with Crippen molar-refractivity contribution in [3.63, 3.8) is 0 Å². The van der Waals surface area contributed by atoms with E-state index in [1.165, 1.54) is 0 Å². The second kappa shape index (κ2) is 13.1. The van der Waals surface area contributed by atoms with Crippen molar-refractivity contribution in [1.29, 1.82) is 0 Å². The van der Waals surface area contributed by atoms with E-state index in [-0.39, 0.29) is 18.9 Å². The fourth-order valence-corrected chi connectivity index (χ4v) is 5.95. The lowest BCUT2D eigenvalue weighted by molar-refractivity contribution is -0.313. The SMILES string of the molecule is CCCSCC1O[C@H](O[C@@H]2C(O)C(O[C@H]3O[C@H](CN)[C@@H](O)CC3N)[C@@H](C)C[C@H]2N)C(O)[C@@H](N)[C@@H]1O. The lowest BCUT2D eigenvalue weighted by atomic mass is 9.80. The molecular weight excluding hydrogens is 480 g/mol. The zero-order valence-corrected chi connectivity index (χ0v) is 21.3. The molecule has 5 unspecified atom stereocenters. The minimum absolute atomic E-state index is 0.105. The number of hydrogen-bond acceptors (Lipinski definition) is 13. The maximum Gasteiger partial charge on any atom is 0.186 e. The lowest BCUT2D eigenvalue weighted by Crippen LogP contribution is -2.66. The van der Waals surface area contributed by atoms with Gasteiger partial charge in [0, 0.05) is 18.3 Å². The van der Waals surface area contributed by atoms with Crippen LogP contribution in [0.2, 0.25) is 0 Å². The summed E-state index contributed by atoms with van der Waals surface area (Å²) in [5, 5.41) is 42.4. The van der Waals surface area contributed by atoms with Crippen LogP contribution in [0.15, 0.2) is 0 Å². The molecule has 0 aromatic heterocycles. The second-order valence-electron chi connectivity index (χ2n) is 9.99. The summed E-state index contributed by atoms with van der Waals surface area (Å²) in [6.45, 7) is 4.06. The predicted molar refractivity (Wildman–Crippen MR) is 130 cm³/mol. The molecule has 0 aromatic carbocycles. The molecule has 3 fully saturated rings. The Hall–Kier alpha value is -0.130. The molecule has 12 nitrogen and oxygen atoms in total. The van der Waals surface area contributed by atoms with E-state index >= 15 is 0 Å². The van der Waals surface area contributed by atoms with Crippen LogP contribution in [0.3, 0.4) is 0 Å². The fraction of sp³-hybridized carbons (Fsp3) is 1.00. The molecule has 3 rings (SSSR count). The van der Waals surface area contributed by atoms with E-state index in [2.05, 4.69) is 6.92 Å². The Bertz CT molecular complexity index is 657. The van der Waals surface area contributed by atoms with Gasteiger partial charge in [-0.05, 0) is 30.9 Å². The van der Waals surface area contributed by atoms with E-state index in [0.717, 1.165) is 12.2 Å². The van der Waals surface area contributed by atoms with Gasteiger partial charge in [-0.3, -0.25) is 0 Å². The third-order valence-electron chi connectivity index (χ3n) is 7.10. The van der Waals surface area contributed by atoms with Crippen LogP contribution in [0.5, 0.6) is 0 Å². The highest BCUT2D eigenvalue weighted by Gasteiger charge is 2.50. The fourth-order valence-electron chi connectivity index (χ4n) is 4.99. The van der Waals surface area contributed by atoms with Gasteiger partial charge in [-0.1, -0.05) is 13.8 Å². The zero-order valence-electron chi connectivity index (χ0n) is 20.5. The monoisotopic (exact) mass is 524 g/mol. The topological polar surface area (TPSA) is 222 Å². The van der Waals surface area contributed by atoms with Crippen molar-refractivity contribution in [1.82, 2.24) is 0 Å². The number of aliphatic hydroxyl groups excluding tert-OH is 4. The van der Waals surface area contributed by atoms with Gasteiger partial charge < -0.3 is 62.3 Å². The molecule has 0 amide bonds. The Kier molecular flexibility index (Phi) is 11.0. The van der Waals surface area contributed by atoms with Gasteiger partial charge in [-0.2, -0.15) is 11.8 Å². The zero-order chi connectivity index (χ0) is 25.9. The standard InChI is InChI=1S/C22H44N4O8S/c1-3-4-35-8-14-16(28)15(26)17(29)22(32-14)34-20-10(24)5-9(2)19(18(20)30)33-21-11(25)6-12(27)13(7-23)31-21/h9-22,27-30H,3-8,23-26H2,1-2H3/t9-,10+,11?,12-,13+,14?,15-,16+,17?,18?,19?,20-,21+,22+/m0/s1. The summed E-state index contributed by atoms with van der Waals surface area (Å²) in [4.78, 5) is 0. The molecule has 0 spiro atoms. The summed E-state index contributed by atoms with van der Waals surface area (Å²) in [6, 6.07) is -2.14. The van der Waals surface area contributed by atoms with Crippen molar-refractivity contribution in [2.75, 3.05) is 18.1 Å². The first-order chi connectivity index (χ1) is 16.6. The number of ether oxygens (including phenoxy) is 4. The third-order valence-corrected chi connectivity index (χ3v) is 8.37. The molecule has 12 N–H and O–H groups in total. The van der Waals surface area contributed by atoms with Crippen molar-refractivity contribution in [3.05, 3.63) is 0 Å². The average molecular weight is 525 g/mol. The molecule has 0 radical (unpaired) electrons. The van der Waals surface area contributed by atoms with Gasteiger partial charge in [0.15, 0.2) is 12.6 Å². The van der Waals surface area contributed by atoms with E-state index in [0.29, 0.717) is 12.2 Å². The third kappa shape index (κ3) is 6.85. The van der Waals surface area contributed by atoms with Crippen LogP contribution >= 0.6 is 11.8 Å². The van der Waals surface area contributed by atoms with Gasteiger partial charge in [-0.15, -0.1) is 0 Å². The maximum absolute atomic E-state index is 11.2. The van der Waals surface area contributed by atoms with Gasteiger partial charge >= 0.3 is 0 Å². The molecule has 1 aliphatic carbocycles. The molecule has 2 saturated heterocycles. The molecule has 35 heavy (non-hydrogen) atoms. The smallest absolute Gasteiger partial charge is 0.186 e. The highest BCUT2D eigenvalue weighted by atomic mass is 32.2. The van der Waals surface area contributed by atoms with E-state index in [4.69, 9.17) is 41.9 Å². The quantitative estimate of drug-likeness (QED) is 0.143. The number of rotatable bonds is 9. The van der Waals surface area contributed by atoms with Crippen molar-refractivity contribution < 1.29 is 39.4 Å². The number of thioether (sulfide) groups is 1. The Balaban J connectivity index is 1.68. The van der Waals surface area contributed by atoms with Crippen LogP contribution in [0.25, 0.3) is 0 Å². The Labute approximate surface area is 210 Å². The van der Waals surface area contributed by atoms with Crippen molar-refractivity contribution in [2.24, 2.45) is 28.9 Å². The van der Waals surface area contributed by atoms with Gasteiger partial charge in [0.2, 0.25) is 0 Å². The predicted octanol–water partition coefficient (Wildman–Crippen LogP) is -2.84. The highest BCUT2D eigenvalue weighted by Crippen LogP contribution is 2.34. The second-order valence-corrected chi connectivity index (χ2v) is 11.1. The average Bonchev–Trinajstić information content (AvgIpc) is 2.81. The first-order valence-corrected chi connectivity index (χ1v) is 13.6. The Morgan fingerprint density at radius 1 is 0.857 bits per heavy atom. The molecule has 206 valence electrons. The maximum atomic E-state index is 11.2. The lowest BCUT2D eigenvalue weighted by Gasteiger charge is -2.48. The van der Waals surface area contributed by atoms with Gasteiger partial charge in [-0.25, -0.2) is 0 Å². The summed E-state index contributed by atoms with van der Waals surface area (Å²) in [7, 11) is 0. The summed E-state index contributed by atoms with van der Waals surface area (Å²) in [6.07, 6.45) is -7.60. The molecule has 0 aromatic rings. The van der Waals surface area contributed by atoms with Crippen LogP contribution in [-0.4, -0.2) is 118 Å². The van der Waals surface area contributed by atoms with Gasteiger partial charge in [0.25, 0.3) is 0 Å². The summed E-state index contributed by atoms with van der Waals surface area (Å²) >= 11 is 1.61. The molecule has 13 heteroatoms. The van der Waals surface area contributed by atoms with Crippen molar-refractivity contribution in [3.8, 4) is 0 Å². The Morgan fingerprint density at radius 2 is 1.51 bits per heavy atom. The Morgan fingerprint density at radius 3 is 2.17 bits per heavy atom. The first kappa shape index (κ1) is 29.4. The van der Waals surface area contributed by atoms with Crippen molar-refractivity contribution in [2.45, 2.75) is 113 Å². The van der Waals surface area contributed by atoms with E-state index in [1.54, 1.807) is 11.8 Å². The van der Waals surface area contributed by atoms with Crippen LogP contribution in [0, 0.1) is 5.92 Å². The molecule has 2 heterocycles. The molecule has 3 aliphatic rings. The number of nitrogens with two attached hydrogens (primary N) is 4. The van der Waals surface area contributed by atoms with Crippen molar-refractivity contribution >= 4 is 11.8 Å². The van der Waals surface area contributed by atoms with Gasteiger partial charge in [0.1, 0.15) is 18.3 Å². The summed E-state index contributed by atoms with van der Waals surface area (Å²) < 4.78 is 23.8. The molecule has 0 bridgehead atoms. The summed E-state index contributed by atoms with van der Waals surface area (Å²) in [5.74, 6) is 1.23. The van der Waals surface area contributed by atoms with Crippen LogP contribution in [0.4, 0.5) is 0 Å². The molecule has 14 atom stereocenters. The van der Waals surface area contributed by atoms with Crippen LogP contribution in [-0.2, 0) is 18.9 Å². The highest BCUT2D eigenvalue weighted by molar-refractivity contribution is 7.99.